The minimum atomic E-state index is -1.40. The van der Waals surface area contributed by atoms with Gasteiger partial charge in [-0.1, -0.05) is 44.4 Å². The first kappa shape index (κ1) is 29.3. The monoisotopic (exact) mass is 558 g/mol. The molecule has 3 aromatic rings. The van der Waals surface area contributed by atoms with E-state index in [9.17, 15) is 26.7 Å². The van der Waals surface area contributed by atoms with Crippen LogP contribution in [0.2, 0.25) is 0 Å². The lowest BCUT2D eigenvalue weighted by Gasteiger charge is -2.23. The zero-order chi connectivity index (χ0) is 28.8. The standard InChI is InChI=1S/C32H31F5O3/c1-3-4-5-6-17-39-27-16-15-25(30(36)31(27)37)32(38)40-22-12-14-23(26(33)18-22)20-8-10-21(11-9-20)24-13-7-19(2)28(34)29(24)35/h7-8,12-16,18,21H,3-6,9-11,17H2,1-2H3. The third kappa shape index (κ3) is 6.54. The van der Waals surface area contributed by atoms with E-state index in [0.29, 0.717) is 36.8 Å². The van der Waals surface area contributed by atoms with Gasteiger partial charge >= 0.3 is 5.97 Å². The van der Waals surface area contributed by atoms with E-state index in [1.54, 1.807) is 18.2 Å². The van der Waals surface area contributed by atoms with Crippen LogP contribution in [-0.4, -0.2) is 12.6 Å². The number of aryl methyl sites for hydroxylation is 1. The Hall–Kier alpha value is -3.68. The summed E-state index contributed by atoms with van der Waals surface area (Å²) in [5, 5.41) is 0. The van der Waals surface area contributed by atoms with E-state index in [-0.39, 0.29) is 35.2 Å². The Labute approximate surface area is 230 Å². The van der Waals surface area contributed by atoms with Crippen LogP contribution in [-0.2, 0) is 0 Å². The second-order valence-electron chi connectivity index (χ2n) is 9.98. The summed E-state index contributed by atoms with van der Waals surface area (Å²) < 4.78 is 82.8. The lowest BCUT2D eigenvalue weighted by atomic mass is 9.82. The molecular formula is C32H31F5O3. The highest BCUT2D eigenvalue weighted by molar-refractivity contribution is 5.91. The Kier molecular flexibility index (Phi) is 9.61. The minimum Gasteiger partial charge on any atom is -0.490 e. The first-order chi connectivity index (χ1) is 19.2. The van der Waals surface area contributed by atoms with Gasteiger partial charge in [-0.3, -0.25) is 0 Å². The number of ether oxygens (including phenoxy) is 2. The van der Waals surface area contributed by atoms with Crippen molar-refractivity contribution in [2.75, 3.05) is 6.61 Å². The van der Waals surface area contributed by atoms with Gasteiger partial charge in [-0.2, -0.15) is 4.39 Å². The van der Waals surface area contributed by atoms with Crippen LogP contribution >= 0.6 is 0 Å². The van der Waals surface area contributed by atoms with Gasteiger partial charge in [0, 0.05) is 11.6 Å². The second kappa shape index (κ2) is 13.1. The van der Waals surface area contributed by atoms with Crippen LogP contribution in [0.15, 0.2) is 48.5 Å². The van der Waals surface area contributed by atoms with Gasteiger partial charge in [0.2, 0.25) is 5.82 Å². The summed E-state index contributed by atoms with van der Waals surface area (Å²) in [6, 6.07) is 9.16. The lowest BCUT2D eigenvalue weighted by Crippen LogP contribution is -2.13. The minimum absolute atomic E-state index is 0.172. The molecule has 0 N–H and O–H groups in total. The Bertz CT molecular complexity index is 1420. The smallest absolute Gasteiger partial charge is 0.346 e. The first-order valence-corrected chi connectivity index (χ1v) is 13.5. The van der Waals surface area contributed by atoms with Crippen LogP contribution in [0.5, 0.6) is 11.5 Å². The molecule has 8 heteroatoms. The molecule has 0 fully saturated rings. The van der Waals surface area contributed by atoms with E-state index in [0.717, 1.165) is 37.5 Å². The number of benzene rings is 3. The lowest BCUT2D eigenvalue weighted by molar-refractivity contribution is 0.0728. The van der Waals surface area contributed by atoms with Crippen molar-refractivity contribution in [3.8, 4) is 11.5 Å². The summed E-state index contributed by atoms with van der Waals surface area (Å²) in [5.74, 6) is -6.93. The van der Waals surface area contributed by atoms with Gasteiger partial charge in [0.25, 0.3) is 0 Å². The Morgan fingerprint density at radius 2 is 1.70 bits per heavy atom. The number of rotatable bonds is 10. The molecule has 0 spiro atoms. The highest BCUT2D eigenvalue weighted by Crippen LogP contribution is 2.39. The van der Waals surface area contributed by atoms with Crippen molar-refractivity contribution in [1.82, 2.24) is 0 Å². The average molecular weight is 559 g/mol. The SMILES string of the molecule is CCCCCCOc1ccc(C(=O)Oc2ccc(C3=CCC(c4ccc(C)c(F)c4F)CC3)c(F)c2)c(F)c1F. The summed E-state index contributed by atoms with van der Waals surface area (Å²) >= 11 is 0. The Morgan fingerprint density at radius 3 is 2.40 bits per heavy atom. The third-order valence-corrected chi connectivity index (χ3v) is 7.18. The molecule has 0 aromatic heterocycles. The van der Waals surface area contributed by atoms with E-state index in [2.05, 4.69) is 6.92 Å². The number of unbranched alkanes of at least 4 members (excludes halogenated alkanes) is 3. The van der Waals surface area contributed by atoms with Gasteiger partial charge in [0.1, 0.15) is 11.6 Å². The fraction of sp³-hybridized carbons (Fsp3) is 0.344. The zero-order valence-corrected chi connectivity index (χ0v) is 22.5. The maximum atomic E-state index is 15.0. The van der Waals surface area contributed by atoms with Crippen molar-refractivity contribution < 1.29 is 36.2 Å². The number of hydrogen-bond donors (Lipinski definition) is 0. The molecule has 212 valence electrons. The topological polar surface area (TPSA) is 35.5 Å². The van der Waals surface area contributed by atoms with Crippen LogP contribution in [0, 0.1) is 36.0 Å². The summed E-state index contributed by atoms with van der Waals surface area (Å²) in [7, 11) is 0. The largest absolute Gasteiger partial charge is 0.490 e. The fourth-order valence-electron chi connectivity index (χ4n) is 4.83. The summed E-state index contributed by atoms with van der Waals surface area (Å²) in [4.78, 5) is 12.5. The van der Waals surface area contributed by atoms with Crippen LogP contribution in [0.4, 0.5) is 22.0 Å². The van der Waals surface area contributed by atoms with Crippen molar-refractivity contribution in [3.63, 3.8) is 0 Å². The molecule has 3 aromatic carbocycles. The van der Waals surface area contributed by atoms with Crippen LogP contribution in [0.25, 0.3) is 5.57 Å². The van der Waals surface area contributed by atoms with Gasteiger partial charge in [0.05, 0.1) is 12.2 Å². The summed E-state index contributed by atoms with van der Waals surface area (Å²) in [6.45, 7) is 3.78. The van der Waals surface area contributed by atoms with Crippen LogP contribution in [0.1, 0.15) is 84.8 Å². The summed E-state index contributed by atoms with van der Waals surface area (Å²) in [6.07, 6.45) is 6.80. The highest BCUT2D eigenvalue weighted by Gasteiger charge is 2.25. The van der Waals surface area contributed by atoms with Crippen LogP contribution in [0.3, 0.4) is 0 Å². The number of esters is 1. The number of carbonyl (C=O) groups is 1. The molecule has 1 aliphatic carbocycles. The molecule has 0 heterocycles. The fourth-order valence-corrected chi connectivity index (χ4v) is 4.83. The van der Waals surface area contributed by atoms with Gasteiger partial charge in [0.15, 0.2) is 23.2 Å². The van der Waals surface area contributed by atoms with E-state index in [1.165, 1.54) is 19.1 Å². The van der Waals surface area contributed by atoms with Crippen molar-refractivity contribution in [2.45, 2.75) is 64.7 Å². The third-order valence-electron chi connectivity index (χ3n) is 7.18. The molecule has 3 nitrogen and oxygen atoms in total. The van der Waals surface area contributed by atoms with E-state index < -0.39 is 40.6 Å². The predicted molar refractivity (Wildman–Crippen MR) is 143 cm³/mol. The molecule has 4 rings (SSSR count). The maximum absolute atomic E-state index is 15.0. The zero-order valence-electron chi connectivity index (χ0n) is 22.5. The Morgan fingerprint density at radius 1 is 0.900 bits per heavy atom. The molecule has 1 unspecified atom stereocenters. The van der Waals surface area contributed by atoms with Gasteiger partial charge in [-0.05, 0) is 79.5 Å². The predicted octanol–water partition coefficient (Wildman–Crippen LogP) is 9.22. The average Bonchev–Trinajstić information content (AvgIpc) is 2.94. The molecule has 0 saturated carbocycles. The van der Waals surface area contributed by atoms with E-state index in [1.807, 2.05) is 0 Å². The number of carbonyl (C=O) groups excluding carboxylic acids is 1. The first-order valence-electron chi connectivity index (χ1n) is 13.5. The number of allylic oxidation sites excluding steroid dienone is 2. The molecular weight excluding hydrogens is 527 g/mol. The molecule has 0 bridgehead atoms. The molecule has 0 saturated heterocycles. The molecule has 0 amide bonds. The van der Waals surface area contributed by atoms with Gasteiger partial charge in [-0.15, -0.1) is 0 Å². The molecule has 0 radical (unpaired) electrons. The quantitative estimate of drug-likeness (QED) is 0.108. The normalized spacial score (nSPS) is 15.1. The molecule has 40 heavy (non-hydrogen) atoms. The van der Waals surface area contributed by atoms with E-state index in [4.69, 9.17) is 9.47 Å². The highest BCUT2D eigenvalue weighted by atomic mass is 19.2. The maximum Gasteiger partial charge on any atom is 0.346 e. The van der Waals surface area contributed by atoms with Crippen molar-refractivity contribution >= 4 is 11.5 Å². The van der Waals surface area contributed by atoms with Crippen molar-refractivity contribution in [2.24, 2.45) is 0 Å². The molecule has 1 atom stereocenters. The number of hydrogen-bond acceptors (Lipinski definition) is 3. The van der Waals surface area contributed by atoms with Gasteiger partial charge in [-0.25, -0.2) is 22.4 Å². The number of halogens is 5. The van der Waals surface area contributed by atoms with Crippen molar-refractivity contribution in [3.05, 3.63) is 99.9 Å². The van der Waals surface area contributed by atoms with Crippen molar-refractivity contribution in [1.29, 1.82) is 0 Å². The summed E-state index contributed by atoms with van der Waals surface area (Å²) in [5.41, 5.74) is 0.880. The molecule has 1 aliphatic rings. The molecule has 0 aliphatic heterocycles. The van der Waals surface area contributed by atoms with E-state index >= 15 is 0 Å². The Balaban J connectivity index is 1.41. The van der Waals surface area contributed by atoms with Crippen LogP contribution < -0.4 is 9.47 Å². The second-order valence-corrected chi connectivity index (χ2v) is 9.98. The van der Waals surface area contributed by atoms with Gasteiger partial charge < -0.3 is 9.47 Å².